The first-order valence-electron chi connectivity index (χ1n) is 13.7. The molecule has 3 aromatic rings. The Kier molecular flexibility index (Phi) is 10.7. The molecule has 0 fully saturated rings. The van der Waals surface area contributed by atoms with Gasteiger partial charge in [0.1, 0.15) is 17.2 Å². The van der Waals surface area contributed by atoms with Crippen molar-refractivity contribution in [2.75, 3.05) is 28.2 Å². The molecule has 3 aliphatic carbocycles. The fourth-order valence-corrected chi connectivity index (χ4v) is 5.80. The molecule has 3 aliphatic rings. The van der Waals surface area contributed by atoms with Gasteiger partial charge in [0.2, 0.25) is 11.6 Å². The van der Waals surface area contributed by atoms with Crippen LogP contribution in [0.1, 0.15) is 62.1 Å². The molecule has 3 N–H and O–H groups in total. The largest absolute Gasteiger partial charge is 0.506 e. The van der Waals surface area contributed by atoms with Gasteiger partial charge in [-0.2, -0.15) is 0 Å². The number of rotatable bonds is 2. The molecule has 0 saturated carbocycles. The van der Waals surface area contributed by atoms with Crippen molar-refractivity contribution in [3.05, 3.63) is 119 Å². The molecule has 0 unspecified atom stereocenters. The van der Waals surface area contributed by atoms with Crippen LogP contribution in [0.5, 0.6) is 17.2 Å². The third-order valence-electron chi connectivity index (χ3n) is 7.23. The minimum atomic E-state index is -0.359. The van der Waals surface area contributed by atoms with Crippen molar-refractivity contribution in [3.8, 4) is 17.2 Å². The second-order valence-electron chi connectivity index (χ2n) is 10.8. The number of Topliss-reactive ketones (excluding diaryl/α,β-unsaturated/α-hetero) is 2. The predicted octanol–water partition coefficient (Wildman–Crippen LogP) is 6.05. The van der Waals surface area contributed by atoms with E-state index < -0.39 is 0 Å². The number of benzene rings is 3. The number of carbonyl (C=O) groups is 6. The zero-order chi connectivity index (χ0) is 35.8. The highest BCUT2D eigenvalue weighted by molar-refractivity contribution is 9.11. The highest BCUT2D eigenvalue weighted by Crippen LogP contribution is 2.36. The Balaban J connectivity index is 0.000000163. The van der Waals surface area contributed by atoms with Crippen LogP contribution in [-0.2, 0) is 0 Å². The van der Waals surface area contributed by atoms with E-state index in [1.807, 2.05) is 0 Å². The van der Waals surface area contributed by atoms with Gasteiger partial charge in [0.25, 0.3) is 0 Å². The van der Waals surface area contributed by atoms with Gasteiger partial charge in [0.15, 0.2) is 23.1 Å². The lowest BCUT2D eigenvalue weighted by molar-refractivity contribution is 0.0959. The maximum atomic E-state index is 12.1. The average Bonchev–Trinajstić information content (AvgIpc) is 3.03. The van der Waals surface area contributed by atoms with Gasteiger partial charge in [-0.15, -0.1) is 0 Å². The Labute approximate surface area is 299 Å². The van der Waals surface area contributed by atoms with Crippen LogP contribution < -0.4 is 0 Å². The van der Waals surface area contributed by atoms with Crippen LogP contribution in [0.3, 0.4) is 0 Å². The number of phenols is 3. The topological polar surface area (TPSA) is 170 Å². The average molecular weight is 845 g/mol. The first kappa shape index (κ1) is 36.2. The zero-order valence-corrected chi connectivity index (χ0v) is 30.4. The zero-order valence-electron chi connectivity index (χ0n) is 25.6. The lowest BCUT2D eigenvalue weighted by Crippen LogP contribution is -2.26. The maximum Gasteiger partial charge on any atom is 0.213 e. The van der Waals surface area contributed by atoms with E-state index in [0.717, 1.165) is 6.08 Å². The highest BCUT2D eigenvalue weighted by Gasteiger charge is 2.31. The Bertz CT molecular complexity index is 2060. The summed E-state index contributed by atoms with van der Waals surface area (Å²) in [5.41, 5.74) is 1.53. The molecule has 0 heterocycles. The molecule has 0 radical (unpaired) electrons. The van der Waals surface area contributed by atoms with Crippen molar-refractivity contribution in [1.29, 1.82) is 0 Å². The quantitative estimate of drug-likeness (QED) is 0.275. The van der Waals surface area contributed by atoms with Crippen molar-refractivity contribution >= 4 is 82.5 Å². The van der Waals surface area contributed by atoms with E-state index in [2.05, 4.69) is 47.8 Å². The van der Waals surface area contributed by atoms with Crippen LogP contribution in [0.25, 0.3) is 0 Å². The van der Waals surface area contributed by atoms with Crippen LogP contribution in [0.2, 0.25) is 0 Å². The van der Waals surface area contributed by atoms with E-state index in [1.54, 1.807) is 56.2 Å². The van der Waals surface area contributed by atoms with Gasteiger partial charge < -0.3 is 25.1 Å². The fraction of sp³-hybridized carbons (Fsp3) is 0.118. The first-order valence-corrected chi connectivity index (χ1v) is 16.1. The number of nitrogens with zero attached hydrogens (tertiary/aromatic N) is 2. The Morgan fingerprint density at radius 1 is 0.458 bits per heavy atom. The van der Waals surface area contributed by atoms with E-state index in [1.165, 1.54) is 36.4 Å². The number of aromatic hydroxyl groups is 3. The number of fused-ring (bicyclic) bond motifs is 3. The SMILES string of the molecule is CN(C)C1=CC(=O)c2c(ccc(Br)c2O)C1=O.CN(C)C1=CC(=O)c2ccc(Br)c(O)c2C1=O.O=C1C=CC(=O)c2c1ccc(Br)c2O. The first-order chi connectivity index (χ1) is 22.5. The molecule has 0 saturated heterocycles. The molecule has 0 aliphatic heterocycles. The number of carbonyl (C=O) groups excluding carboxylic acids is 6. The Morgan fingerprint density at radius 2 is 0.833 bits per heavy atom. The molecule has 0 aromatic heterocycles. The number of hydrogen-bond donors (Lipinski definition) is 3. The number of hydrogen-bond acceptors (Lipinski definition) is 11. The van der Waals surface area contributed by atoms with Crippen molar-refractivity contribution in [3.63, 3.8) is 0 Å². The van der Waals surface area contributed by atoms with Gasteiger partial charge in [-0.05, 0) is 96.3 Å². The van der Waals surface area contributed by atoms with Crippen LogP contribution in [0, 0.1) is 0 Å². The summed E-state index contributed by atoms with van der Waals surface area (Å²) in [6.07, 6.45) is 4.91. The lowest BCUT2D eigenvalue weighted by atomic mass is 9.91. The summed E-state index contributed by atoms with van der Waals surface area (Å²) in [5, 5.41) is 29.2. The summed E-state index contributed by atoms with van der Waals surface area (Å²) in [6.45, 7) is 0. The number of phenolic OH excluding ortho intramolecular Hbond substituents is 3. The van der Waals surface area contributed by atoms with Gasteiger partial charge in [0.05, 0.1) is 41.5 Å². The van der Waals surface area contributed by atoms with Crippen molar-refractivity contribution in [2.24, 2.45) is 0 Å². The van der Waals surface area contributed by atoms with E-state index in [0.29, 0.717) is 19.1 Å². The van der Waals surface area contributed by atoms with E-state index in [-0.39, 0.29) is 91.0 Å². The monoisotopic (exact) mass is 842 g/mol. The van der Waals surface area contributed by atoms with Gasteiger partial charge >= 0.3 is 0 Å². The smallest absolute Gasteiger partial charge is 0.213 e. The van der Waals surface area contributed by atoms with Crippen LogP contribution in [-0.4, -0.2) is 88.0 Å². The van der Waals surface area contributed by atoms with E-state index in [4.69, 9.17) is 0 Å². The second-order valence-corrected chi connectivity index (χ2v) is 13.3. The number of halogens is 3. The molecule has 11 nitrogen and oxygen atoms in total. The Hall–Kier alpha value is -4.66. The standard InChI is InChI=1S/2C12H10BrNO3.C10H5BrO3/c1-14(2)8-5-9(15)10-6(11(8)16)3-4-7(13)12(10)17;1-14(2)8-5-9(15)6-3-4-7(13)11(16)10(6)12(8)17;11-6-2-1-5-7(12)3-4-8(13)9(5)10(6)14/h3-5,17H,1-2H3;3-5,16H,1-2H3;1-4,14H. The third-order valence-corrected chi connectivity index (χ3v) is 9.15. The summed E-state index contributed by atoms with van der Waals surface area (Å²) in [5.74, 6) is -2.39. The second kappa shape index (κ2) is 14.2. The molecule has 14 heteroatoms. The normalized spacial score (nSPS) is 14.4. The minimum Gasteiger partial charge on any atom is -0.506 e. The number of likely N-dealkylation sites (N-methyl/N-ethyl adjacent to an activating group) is 2. The molecule has 6 rings (SSSR count). The Morgan fingerprint density at radius 3 is 1.33 bits per heavy atom. The molecule has 0 bridgehead atoms. The van der Waals surface area contributed by atoms with Gasteiger partial charge in [0, 0.05) is 57.0 Å². The van der Waals surface area contributed by atoms with Gasteiger partial charge in [-0.25, -0.2) is 0 Å². The van der Waals surface area contributed by atoms with Crippen LogP contribution >= 0.6 is 47.8 Å². The third kappa shape index (κ3) is 6.82. The van der Waals surface area contributed by atoms with Gasteiger partial charge in [-0.1, -0.05) is 0 Å². The molecule has 48 heavy (non-hydrogen) atoms. The molecule has 246 valence electrons. The van der Waals surface area contributed by atoms with Crippen molar-refractivity contribution in [2.45, 2.75) is 0 Å². The molecular formula is C34H25Br3N2O9. The summed E-state index contributed by atoms with van der Waals surface area (Å²) < 4.78 is 1.21. The van der Waals surface area contributed by atoms with Crippen LogP contribution in [0.15, 0.2) is 85.5 Å². The summed E-state index contributed by atoms with van der Waals surface area (Å²) in [7, 11) is 6.75. The fourth-order valence-electron chi connectivity index (χ4n) is 4.81. The highest BCUT2D eigenvalue weighted by atomic mass is 79.9. The molecule has 0 amide bonds. The lowest BCUT2D eigenvalue weighted by Gasteiger charge is -2.21. The predicted molar refractivity (Wildman–Crippen MR) is 186 cm³/mol. The maximum absolute atomic E-state index is 12.1. The summed E-state index contributed by atoms with van der Waals surface area (Å²) in [4.78, 5) is 73.8. The summed E-state index contributed by atoms with van der Waals surface area (Å²) >= 11 is 9.34. The minimum absolute atomic E-state index is 0.0648. The van der Waals surface area contributed by atoms with Crippen molar-refractivity contribution in [1.82, 2.24) is 9.80 Å². The molecule has 3 aromatic carbocycles. The van der Waals surface area contributed by atoms with E-state index >= 15 is 0 Å². The van der Waals surface area contributed by atoms with Gasteiger partial charge in [-0.3, -0.25) is 28.8 Å². The van der Waals surface area contributed by atoms with Crippen LogP contribution in [0.4, 0.5) is 0 Å². The number of ketones is 6. The summed E-state index contributed by atoms with van der Waals surface area (Å²) in [6, 6.07) is 9.23. The van der Waals surface area contributed by atoms with Crippen molar-refractivity contribution < 1.29 is 44.1 Å². The molecule has 0 spiro atoms. The van der Waals surface area contributed by atoms with E-state index in [9.17, 15) is 44.1 Å². The molecular weight excluding hydrogens is 820 g/mol. The molecule has 0 atom stereocenters. The number of allylic oxidation sites excluding steroid dienone is 6.